The van der Waals surface area contributed by atoms with Crippen molar-refractivity contribution in [3.05, 3.63) is 72.8 Å². The van der Waals surface area contributed by atoms with Gasteiger partial charge in [-0.25, -0.2) is 9.59 Å². The van der Waals surface area contributed by atoms with E-state index < -0.39 is 0 Å². The van der Waals surface area contributed by atoms with Gasteiger partial charge in [0.2, 0.25) is 0 Å². The summed E-state index contributed by atoms with van der Waals surface area (Å²) in [6, 6.07) is 16.1. The van der Waals surface area contributed by atoms with Crippen LogP contribution >= 0.6 is 35.3 Å². The first kappa shape index (κ1) is 23.2. The zero-order valence-electron chi connectivity index (χ0n) is 16.3. The van der Waals surface area contributed by atoms with Crippen LogP contribution in [0.2, 0.25) is 0 Å². The van der Waals surface area contributed by atoms with Gasteiger partial charge in [0, 0.05) is 30.7 Å². The van der Waals surface area contributed by atoms with Crippen LogP contribution in [-0.4, -0.2) is 23.8 Å². The number of esters is 2. The molecule has 0 spiro atoms. The van der Waals surface area contributed by atoms with Gasteiger partial charge in [0.05, 0.1) is 0 Å². The standard InChI is InChI=1S/C22H22O4S3/c1-15(2)21(23)25-13-27-17-5-9-19(10-6-17)29-20-11-7-18(8-12-20)28-14-26-22(24)16(3)4/h5-12H,1,3,13-14H2,2,4H3. The van der Waals surface area contributed by atoms with E-state index >= 15 is 0 Å². The van der Waals surface area contributed by atoms with Crippen LogP contribution in [0.25, 0.3) is 0 Å². The van der Waals surface area contributed by atoms with E-state index in [1.807, 2.05) is 48.5 Å². The van der Waals surface area contributed by atoms with Crippen molar-refractivity contribution in [1.82, 2.24) is 0 Å². The van der Waals surface area contributed by atoms with Crippen molar-refractivity contribution in [3.8, 4) is 0 Å². The molecule has 0 bridgehead atoms. The van der Waals surface area contributed by atoms with Gasteiger partial charge in [-0.2, -0.15) is 0 Å². The summed E-state index contributed by atoms with van der Waals surface area (Å²) in [7, 11) is 0. The zero-order valence-corrected chi connectivity index (χ0v) is 18.8. The largest absolute Gasteiger partial charge is 0.451 e. The molecule has 2 aromatic rings. The van der Waals surface area contributed by atoms with Crippen molar-refractivity contribution < 1.29 is 19.1 Å². The molecule has 2 rings (SSSR count). The van der Waals surface area contributed by atoms with Crippen LogP contribution in [0.1, 0.15) is 13.8 Å². The van der Waals surface area contributed by atoms with Crippen molar-refractivity contribution in [1.29, 1.82) is 0 Å². The first-order chi connectivity index (χ1) is 13.8. The van der Waals surface area contributed by atoms with Gasteiger partial charge >= 0.3 is 11.9 Å². The van der Waals surface area contributed by atoms with E-state index in [0.717, 1.165) is 19.6 Å². The van der Waals surface area contributed by atoms with Crippen LogP contribution in [0.5, 0.6) is 0 Å². The first-order valence-corrected chi connectivity index (χ1v) is 11.4. The number of benzene rings is 2. The summed E-state index contributed by atoms with van der Waals surface area (Å²) in [5.74, 6) is -0.224. The van der Waals surface area contributed by atoms with Crippen molar-refractivity contribution >= 4 is 47.2 Å². The summed E-state index contributed by atoms with van der Waals surface area (Å²) >= 11 is 4.57. The Hall–Kier alpha value is -2.09. The van der Waals surface area contributed by atoms with Crippen molar-refractivity contribution in [2.24, 2.45) is 0 Å². The Bertz CT molecular complexity index is 800. The first-order valence-electron chi connectivity index (χ1n) is 8.64. The quantitative estimate of drug-likeness (QED) is 0.187. The van der Waals surface area contributed by atoms with Crippen molar-refractivity contribution in [2.45, 2.75) is 33.4 Å². The second kappa shape index (κ2) is 11.8. The zero-order chi connectivity index (χ0) is 21.2. The van der Waals surface area contributed by atoms with E-state index in [-0.39, 0.29) is 23.8 Å². The molecule has 0 amide bonds. The molecule has 4 nitrogen and oxygen atoms in total. The molecule has 0 aliphatic carbocycles. The Kier molecular flexibility index (Phi) is 9.44. The number of carbonyl (C=O) groups is 2. The van der Waals surface area contributed by atoms with E-state index in [2.05, 4.69) is 13.2 Å². The lowest BCUT2D eigenvalue weighted by atomic mass is 10.4. The molecule has 0 saturated carbocycles. The molecule has 2 aromatic carbocycles. The summed E-state index contributed by atoms with van der Waals surface area (Å²) in [4.78, 5) is 27.0. The van der Waals surface area contributed by atoms with Gasteiger partial charge in [0.25, 0.3) is 0 Å². The molecule has 0 aliphatic rings. The number of rotatable bonds is 10. The van der Waals surface area contributed by atoms with Crippen LogP contribution in [0.4, 0.5) is 0 Å². The highest BCUT2D eigenvalue weighted by atomic mass is 32.2. The molecule has 0 saturated heterocycles. The Labute approximate surface area is 184 Å². The highest BCUT2D eigenvalue weighted by molar-refractivity contribution is 8.00. The van der Waals surface area contributed by atoms with Gasteiger partial charge in [-0.15, -0.1) is 0 Å². The summed E-state index contributed by atoms with van der Waals surface area (Å²) in [6.45, 7) is 10.4. The maximum Gasteiger partial charge on any atom is 0.333 e. The Balaban J connectivity index is 1.79. The van der Waals surface area contributed by atoms with Crippen LogP contribution in [0, 0.1) is 0 Å². The van der Waals surface area contributed by atoms with E-state index in [1.165, 1.54) is 23.5 Å². The topological polar surface area (TPSA) is 52.6 Å². The van der Waals surface area contributed by atoms with Gasteiger partial charge in [-0.05, 0) is 62.4 Å². The molecule has 0 heterocycles. The minimum absolute atomic E-state index is 0.263. The van der Waals surface area contributed by atoms with Gasteiger partial charge in [0.1, 0.15) is 11.9 Å². The fourth-order valence-electron chi connectivity index (χ4n) is 1.89. The second-order valence-corrected chi connectivity index (χ2v) is 9.13. The molecule has 0 fully saturated rings. The molecule has 0 aliphatic heterocycles. The molecule has 0 N–H and O–H groups in total. The maximum absolute atomic E-state index is 11.4. The summed E-state index contributed by atoms with van der Waals surface area (Å²) < 4.78 is 10.2. The summed E-state index contributed by atoms with van der Waals surface area (Å²) in [6.07, 6.45) is 0. The molecule has 0 aromatic heterocycles. The monoisotopic (exact) mass is 446 g/mol. The number of hydrogen-bond acceptors (Lipinski definition) is 7. The Morgan fingerprint density at radius 3 is 1.31 bits per heavy atom. The Morgan fingerprint density at radius 2 is 1.00 bits per heavy atom. The molecule has 0 radical (unpaired) electrons. The minimum Gasteiger partial charge on any atom is -0.451 e. The molecular formula is C22H22O4S3. The summed E-state index contributed by atoms with van der Waals surface area (Å²) in [5, 5.41) is 0. The SMILES string of the molecule is C=C(C)C(=O)OCSc1ccc(Sc2ccc(SCOC(=O)C(=C)C)cc2)cc1. The van der Waals surface area contributed by atoms with Crippen LogP contribution in [0.3, 0.4) is 0 Å². The predicted octanol–water partition coefficient (Wildman–Crippen LogP) is 6.18. The highest BCUT2D eigenvalue weighted by Crippen LogP contribution is 2.31. The maximum atomic E-state index is 11.4. The van der Waals surface area contributed by atoms with Crippen LogP contribution < -0.4 is 0 Å². The van der Waals surface area contributed by atoms with E-state index in [4.69, 9.17) is 9.47 Å². The predicted molar refractivity (Wildman–Crippen MR) is 120 cm³/mol. The number of carbonyl (C=O) groups excluding carboxylic acids is 2. The van der Waals surface area contributed by atoms with Crippen LogP contribution in [0.15, 0.2) is 92.4 Å². The van der Waals surface area contributed by atoms with Crippen molar-refractivity contribution in [3.63, 3.8) is 0 Å². The third kappa shape index (κ3) is 8.43. The summed E-state index contributed by atoms with van der Waals surface area (Å²) in [5.41, 5.74) is 0.796. The number of ether oxygens (including phenoxy) is 2. The lowest BCUT2D eigenvalue weighted by Crippen LogP contribution is -2.03. The second-order valence-electron chi connectivity index (χ2n) is 5.99. The third-order valence-electron chi connectivity index (χ3n) is 3.41. The lowest BCUT2D eigenvalue weighted by Gasteiger charge is -2.07. The average Bonchev–Trinajstić information content (AvgIpc) is 2.70. The third-order valence-corrected chi connectivity index (χ3v) is 6.11. The van der Waals surface area contributed by atoms with Crippen molar-refractivity contribution in [2.75, 3.05) is 11.9 Å². The average molecular weight is 447 g/mol. The lowest BCUT2D eigenvalue weighted by molar-refractivity contribution is -0.137. The van der Waals surface area contributed by atoms with E-state index in [1.54, 1.807) is 25.6 Å². The van der Waals surface area contributed by atoms with Gasteiger partial charge in [0.15, 0.2) is 0 Å². The fraction of sp³-hybridized carbons (Fsp3) is 0.182. The highest BCUT2D eigenvalue weighted by Gasteiger charge is 2.05. The molecule has 29 heavy (non-hydrogen) atoms. The van der Waals surface area contributed by atoms with Crippen LogP contribution in [-0.2, 0) is 19.1 Å². The smallest absolute Gasteiger partial charge is 0.333 e. The van der Waals surface area contributed by atoms with E-state index in [9.17, 15) is 9.59 Å². The molecule has 0 unspecified atom stereocenters. The number of thioether (sulfide) groups is 2. The molecular weight excluding hydrogens is 424 g/mol. The van der Waals surface area contributed by atoms with Gasteiger partial charge < -0.3 is 9.47 Å². The van der Waals surface area contributed by atoms with Gasteiger partial charge in [-0.3, -0.25) is 0 Å². The molecule has 0 atom stereocenters. The number of hydrogen-bond donors (Lipinski definition) is 0. The van der Waals surface area contributed by atoms with E-state index in [0.29, 0.717) is 11.1 Å². The van der Waals surface area contributed by atoms with Gasteiger partial charge in [-0.1, -0.05) is 48.4 Å². The minimum atomic E-state index is -0.375. The molecule has 152 valence electrons. The fourth-order valence-corrected chi connectivity index (χ4v) is 3.97. The molecule has 7 heteroatoms. The Morgan fingerprint density at radius 1 is 0.690 bits per heavy atom. The normalized spacial score (nSPS) is 10.3.